The van der Waals surface area contributed by atoms with Crippen molar-refractivity contribution in [1.82, 2.24) is 9.97 Å². The van der Waals surface area contributed by atoms with Gasteiger partial charge in [0.05, 0.1) is 0 Å². The summed E-state index contributed by atoms with van der Waals surface area (Å²) in [5.41, 5.74) is -0.0795. The minimum atomic E-state index is -0.0795. The molecule has 0 radical (unpaired) electrons. The Hall–Kier alpha value is -0.830. The molecule has 0 aromatic carbocycles. The summed E-state index contributed by atoms with van der Waals surface area (Å²) < 4.78 is 0. The van der Waals surface area contributed by atoms with Gasteiger partial charge in [0.1, 0.15) is 16.8 Å². The van der Waals surface area contributed by atoms with Crippen LogP contribution in [0.25, 0.3) is 0 Å². The van der Waals surface area contributed by atoms with Crippen LogP contribution in [-0.4, -0.2) is 23.6 Å². The molecule has 4 heteroatoms. The Balaban J connectivity index is 2.85. The van der Waals surface area contributed by atoms with Crippen LogP contribution < -0.4 is 4.90 Å². The van der Waals surface area contributed by atoms with E-state index in [1.54, 1.807) is 0 Å². The van der Waals surface area contributed by atoms with E-state index in [2.05, 4.69) is 49.6 Å². The predicted molar refractivity (Wildman–Crippen MR) is 78.5 cm³/mol. The summed E-state index contributed by atoms with van der Waals surface area (Å²) in [6.07, 6.45) is 3.65. The molecule has 0 aliphatic rings. The Morgan fingerprint density at radius 3 is 2.44 bits per heavy atom. The van der Waals surface area contributed by atoms with E-state index in [9.17, 15) is 0 Å². The minimum absolute atomic E-state index is 0.0795. The highest BCUT2D eigenvalue weighted by atomic mass is 35.5. The first kappa shape index (κ1) is 15.2. The lowest BCUT2D eigenvalue weighted by atomic mass is 9.96. The molecule has 102 valence electrons. The second kappa shape index (κ2) is 6.37. The average molecular weight is 270 g/mol. The molecule has 0 saturated heterocycles. The summed E-state index contributed by atoms with van der Waals surface area (Å²) in [5, 5.41) is 0.521. The molecule has 0 N–H and O–H groups in total. The van der Waals surface area contributed by atoms with E-state index >= 15 is 0 Å². The summed E-state index contributed by atoms with van der Waals surface area (Å²) in [6.45, 7) is 9.50. The molecule has 0 amide bonds. The van der Waals surface area contributed by atoms with Gasteiger partial charge >= 0.3 is 0 Å². The largest absolute Gasteiger partial charge is 0.360 e. The molecule has 1 aromatic heterocycles. The van der Waals surface area contributed by atoms with Crippen molar-refractivity contribution in [3.8, 4) is 0 Å². The molecule has 0 aliphatic carbocycles. The van der Waals surface area contributed by atoms with E-state index in [1.807, 2.05) is 6.07 Å². The zero-order valence-electron chi connectivity index (χ0n) is 12.1. The van der Waals surface area contributed by atoms with Gasteiger partial charge in [0.2, 0.25) is 0 Å². The zero-order valence-corrected chi connectivity index (χ0v) is 12.9. The van der Waals surface area contributed by atoms with E-state index in [1.165, 1.54) is 19.3 Å². The quantitative estimate of drug-likeness (QED) is 0.596. The number of rotatable bonds is 5. The minimum Gasteiger partial charge on any atom is -0.360 e. The van der Waals surface area contributed by atoms with Crippen LogP contribution in [0.3, 0.4) is 0 Å². The monoisotopic (exact) mass is 269 g/mol. The van der Waals surface area contributed by atoms with E-state index in [4.69, 9.17) is 11.6 Å². The molecule has 3 nitrogen and oxygen atoms in total. The molecule has 0 aliphatic heterocycles. The molecule has 0 unspecified atom stereocenters. The van der Waals surface area contributed by atoms with Gasteiger partial charge in [-0.25, -0.2) is 9.97 Å². The van der Waals surface area contributed by atoms with Gasteiger partial charge in [-0.3, -0.25) is 0 Å². The van der Waals surface area contributed by atoms with Crippen LogP contribution in [0.4, 0.5) is 5.82 Å². The lowest BCUT2D eigenvalue weighted by Crippen LogP contribution is -2.23. The fraction of sp³-hybridized carbons (Fsp3) is 0.714. The number of nitrogens with zero attached hydrogens (tertiary/aromatic N) is 3. The summed E-state index contributed by atoms with van der Waals surface area (Å²) >= 11 is 6.08. The predicted octanol–water partition coefficient (Wildman–Crippen LogP) is 4.05. The van der Waals surface area contributed by atoms with Crippen molar-refractivity contribution in [2.75, 3.05) is 18.5 Å². The topological polar surface area (TPSA) is 29.0 Å². The van der Waals surface area contributed by atoms with Crippen LogP contribution >= 0.6 is 11.6 Å². The summed E-state index contributed by atoms with van der Waals surface area (Å²) in [6, 6.07) is 1.84. The van der Waals surface area contributed by atoms with Crippen LogP contribution in [0.5, 0.6) is 0 Å². The molecule has 1 heterocycles. The number of unbranched alkanes of at least 4 members (excludes halogenated alkanes) is 2. The van der Waals surface area contributed by atoms with Crippen molar-refractivity contribution >= 4 is 17.4 Å². The van der Waals surface area contributed by atoms with Gasteiger partial charge in [0, 0.05) is 25.1 Å². The molecular weight excluding hydrogens is 246 g/mol. The Morgan fingerprint density at radius 2 is 1.89 bits per heavy atom. The highest BCUT2D eigenvalue weighted by Crippen LogP contribution is 2.23. The first-order chi connectivity index (χ1) is 8.34. The van der Waals surface area contributed by atoms with Gasteiger partial charge in [0.15, 0.2) is 0 Å². The van der Waals surface area contributed by atoms with Crippen LogP contribution in [-0.2, 0) is 5.41 Å². The number of halogens is 1. The lowest BCUT2D eigenvalue weighted by molar-refractivity contribution is 0.544. The van der Waals surface area contributed by atoms with Crippen molar-refractivity contribution < 1.29 is 0 Å². The van der Waals surface area contributed by atoms with Gasteiger partial charge in [-0.2, -0.15) is 0 Å². The van der Waals surface area contributed by atoms with E-state index in [-0.39, 0.29) is 5.41 Å². The summed E-state index contributed by atoms with van der Waals surface area (Å²) in [4.78, 5) is 11.1. The maximum absolute atomic E-state index is 6.08. The van der Waals surface area contributed by atoms with Gasteiger partial charge in [-0.1, -0.05) is 52.1 Å². The first-order valence-corrected chi connectivity index (χ1v) is 6.98. The highest BCUT2D eigenvalue weighted by Gasteiger charge is 2.19. The number of hydrogen-bond acceptors (Lipinski definition) is 3. The van der Waals surface area contributed by atoms with Gasteiger partial charge in [-0.15, -0.1) is 0 Å². The second-order valence-electron chi connectivity index (χ2n) is 5.75. The van der Waals surface area contributed by atoms with Crippen molar-refractivity contribution in [2.24, 2.45) is 0 Å². The number of anilines is 1. The highest BCUT2D eigenvalue weighted by molar-refractivity contribution is 6.29. The molecule has 0 atom stereocenters. The molecule has 0 fully saturated rings. The van der Waals surface area contributed by atoms with Crippen molar-refractivity contribution in [1.29, 1.82) is 0 Å². The Morgan fingerprint density at radius 1 is 1.22 bits per heavy atom. The van der Waals surface area contributed by atoms with E-state index < -0.39 is 0 Å². The fourth-order valence-corrected chi connectivity index (χ4v) is 1.83. The number of hydrogen-bond donors (Lipinski definition) is 0. The summed E-state index contributed by atoms with van der Waals surface area (Å²) in [5.74, 6) is 1.71. The van der Waals surface area contributed by atoms with Crippen LogP contribution in [0.15, 0.2) is 6.07 Å². The maximum atomic E-state index is 6.08. The van der Waals surface area contributed by atoms with Gasteiger partial charge in [0.25, 0.3) is 0 Å². The van der Waals surface area contributed by atoms with Crippen LogP contribution in [0, 0.1) is 0 Å². The third-order valence-corrected chi connectivity index (χ3v) is 3.03. The lowest BCUT2D eigenvalue weighted by Gasteiger charge is -2.22. The zero-order chi connectivity index (χ0) is 13.8. The summed E-state index contributed by atoms with van der Waals surface area (Å²) in [7, 11) is 2.06. The Labute approximate surface area is 116 Å². The maximum Gasteiger partial charge on any atom is 0.137 e. The van der Waals surface area contributed by atoms with Crippen molar-refractivity contribution in [3.05, 3.63) is 17.0 Å². The first-order valence-electron chi connectivity index (χ1n) is 6.60. The fourth-order valence-electron chi connectivity index (χ4n) is 1.65. The van der Waals surface area contributed by atoms with Crippen LogP contribution in [0.2, 0.25) is 5.15 Å². The van der Waals surface area contributed by atoms with Crippen molar-refractivity contribution in [2.45, 2.75) is 52.4 Å². The Kier molecular flexibility index (Phi) is 5.39. The molecular formula is C14H24ClN3. The van der Waals surface area contributed by atoms with E-state index in [0.717, 1.165) is 18.2 Å². The third-order valence-electron chi connectivity index (χ3n) is 2.84. The smallest absolute Gasteiger partial charge is 0.137 e. The molecule has 0 spiro atoms. The molecule has 1 aromatic rings. The standard InChI is InChI=1S/C14H24ClN3/c1-6-7-8-9-18(5)12-10-11(15)16-13(17-12)14(2,3)4/h10H,6-9H2,1-5H3. The van der Waals surface area contributed by atoms with E-state index in [0.29, 0.717) is 5.15 Å². The molecule has 1 rings (SSSR count). The second-order valence-corrected chi connectivity index (χ2v) is 6.14. The number of aromatic nitrogens is 2. The van der Waals surface area contributed by atoms with Gasteiger partial charge in [-0.05, 0) is 6.42 Å². The van der Waals surface area contributed by atoms with Crippen LogP contribution in [0.1, 0.15) is 52.8 Å². The molecule has 0 bridgehead atoms. The normalized spacial score (nSPS) is 11.7. The van der Waals surface area contributed by atoms with Gasteiger partial charge < -0.3 is 4.90 Å². The molecule has 18 heavy (non-hydrogen) atoms. The van der Waals surface area contributed by atoms with Crippen molar-refractivity contribution in [3.63, 3.8) is 0 Å². The molecule has 0 saturated carbocycles. The average Bonchev–Trinajstić information content (AvgIpc) is 2.27. The Bertz CT molecular complexity index is 385. The SMILES string of the molecule is CCCCCN(C)c1cc(Cl)nc(C(C)(C)C)n1. The third kappa shape index (κ3) is 4.45.